The van der Waals surface area contributed by atoms with Crippen LogP contribution in [0.2, 0.25) is 0 Å². The van der Waals surface area contributed by atoms with Crippen LogP contribution in [0, 0.1) is 0 Å². The maximum atomic E-state index is 11.2. The molecule has 76 valence electrons. The molecule has 0 spiro atoms. The third-order valence-corrected chi connectivity index (χ3v) is 2.64. The topological polar surface area (TPSA) is 77.8 Å². The highest BCUT2D eigenvalue weighted by molar-refractivity contribution is 5.96. The van der Waals surface area contributed by atoms with Crippen molar-refractivity contribution in [3.63, 3.8) is 0 Å². The van der Waals surface area contributed by atoms with E-state index in [1.807, 2.05) is 6.07 Å². The highest BCUT2D eigenvalue weighted by atomic mass is 16.1. The van der Waals surface area contributed by atoms with Crippen LogP contribution < -0.4 is 11.0 Å². The minimum absolute atomic E-state index is 0.0275. The van der Waals surface area contributed by atoms with Crippen molar-refractivity contribution >= 4 is 22.6 Å². The van der Waals surface area contributed by atoms with Gasteiger partial charge in [0.25, 0.3) is 0 Å². The Morgan fingerprint density at radius 1 is 1.00 bits per heavy atom. The number of aryl methyl sites for hydroxylation is 1. The van der Waals surface area contributed by atoms with Gasteiger partial charge in [-0.1, -0.05) is 0 Å². The number of imidazole rings is 1. The number of hydrogen-bond donors (Lipinski definition) is 3. The molecular weight excluding hydrogens is 194 g/mol. The first-order valence-electron chi connectivity index (χ1n) is 4.77. The predicted octanol–water partition coefficient (Wildman–Crippen LogP) is 0.741. The van der Waals surface area contributed by atoms with Crippen molar-refractivity contribution in [1.82, 2.24) is 9.97 Å². The van der Waals surface area contributed by atoms with Gasteiger partial charge in [-0.15, -0.1) is 0 Å². The van der Waals surface area contributed by atoms with E-state index in [9.17, 15) is 9.59 Å². The van der Waals surface area contributed by atoms with Crippen LogP contribution in [0.3, 0.4) is 0 Å². The number of anilines is 1. The molecule has 1 aliphatic rings. The van der Waals surface area contributed by atoms with Gasteiger partial charge in [-0.25, -0.2) is 4.79 Å². The summed E-state index contributed by atoms with van der Waals surface area (Å²) in [5.74, 6) is 0.0275. The van der Waals surface area contributed by atoms with Gasteiger partial charge in [0, 0.05) is 12.1 Å². The maximum Gasteiger partial charge on any atom is 0.323 e. The van der Waals surface area contributed by atoms with Crippen molar-refractivity contribution < 1.29 is 4.79 Å². The SMILES string of the molecule is O=C1CCc2cc3[nH]c(=O)[nH]c3cc2N1. The molecule has 3 rings (SSSR count). The lowest BCUT2D eigenvalue weighted by Gasteiger charge is -2.16. The Bertz CT molecular complexity index is 609. The second kappa shape index (κ2) is 2.73. The third-order valence-electron chi connectivity index (χ3n) is 2.64. The highest BCUT2D eigenvalue weighted by Crippen LogP contribution is 2.25. The standard InChI is InChI=1S/C10H9N3O2/c14-9-2-1-5-3-7-8(4-6(5)11-9)13-10(15)12-7/h3-4H,1-2H2,(H,11,14)(H2,12,13,15). The summed E-state index contributed by atoms with van der Waals surface area (Å²) in [6, 6.07) is 3.70. The van der Waals surface area contributed by atoms with Crippen LogP contribution in [0.4, 0.5) is 5.69 Å². The highest BCUT2D eigenvalue weighted by Gasteiger charge is 2.15. The third kappa shape index (κ3) is 1.24. The molecule has 5 nitrogen and oxygen atoms in total. The number of amides is 1. The molecule has 15 heavy (non-hydrogen) atoms. The average molecular weight is 203 g/mol. The van der Waals surface area contributed by atoms with Gasteiger partial charge in [-0.05, 0) is 24.1 Å². The molecular formula is C10H9N3O2. The number of hydrogen-bond acceptors (Lipinski definition) is 2. The summed E-state index contributed by atoms with van der Waals surface area (Å²) in [5, 5.41) is 2.79. The van der Waals surface area contributed by atoms with Crippen molar-refractivity contribution in [3.8, 4) is 0 Å². The fraction of sp³-hybridized carbons (Fsp3) is 0.200. The Morgan fingerprint density at radius 2 is 1.73 bits per heavy atom. The maximum absolute atomic E-state index is 11.2. The van der Waals surface area contributed by atoms with Crippen LogP contribution in [0.25, 0.3) is 11.0 Å². The average Bonchev–Trinajstić information content (AvgIpc) is 2.53. The Balaban J connectivity index is 2.27. The quantitative estimate of drug-likeness (QED) is 0.590. The molecule has 0 atom stereocenters. The van der Waals surface area contributed by atoms with E-state index in [-0.39, 0.29) is 11.6 Å². The Kier molecular flexibility index (Phi) is 1.50. The summed E-state index contributed by atoms with van der Waals surface area (Å²) >= 11 is 0. The van der Waals surface area contributed by atoms with E-state index in [0.29, 0.717) is 6.42 Å². The van der Waals surface area contributed by atoms with Gasteiger partial charge in [-0.2, -0.15) is 0 Å². The first-order chi connectivity index (χ1) is 7.22. The number of rotatable bonds is 0. The molecule has 0 unspecified atom stereocenters. The number of aromatic nitrogens is 2. The van der Waals surface area contributed by atoms with Crippen LogP contribution >= 0.6 is 0 Å². The summed E-state index contributed by atoms with van der Waals surface area (Å²) < 4.78 is 0. The normalized spacial score (nSPS) is 15.1. The Morgan fingerprint density at radius 3 is 2.53 bits per heavy atom. The Hall–Kier alpha value is -2.04. The number of aromatic amines is 2. The summed E-state index contributed by atoms with van der Waals surface area (Å²) in [5.41, 5.74) is 3.15. The number of nitrogens with one attached hydrogen (secondary N) is 3. The fourth-order valence-corrected chi connectivity index (χ4v) is 1.91. The van der Waals surface area contributed by atoms with Gasteiger partial charge in [0.15, 0.2) is 0 Å². The molecule has 1 aliphatic heterocycles. The number of H-pyrrole nitrogens is 2. The van der Waals surface area contributed by atoms with Crippen molar-refractivity contribution in [2.24, 2.45) is 0 Å². The van der Waals surface area contributed by atoms with Crippen LogP contribution in [0.15, 0.2) is 16.9 Å². The molecule has 3 N–H and O–H groups in total. The van der Waals surface area contributed by atoms with Crippen LogP contribution in [-0.4, -0.2) is 15.9 Å². The van der Waals surface area contributed by atoms with Gasteiger partial charge in [-0.3, -0.25) is 4.79 Å². The lowest BCUT2D eigenvalue weighted by Crippen LogP contribution is -2.18. The van der Waals surface area contributed by atoms with E-state index >= 15 is 0 Å². The number of carbonyl (C=O) groups is 1. The molecule has 2 heterocycles. The molecule has 0 bridgehead atoms. The second-order valence-electron chi connectivity index (χ2n) is 3.68. The molecule has 2 aromatic rings. The zero-order chi connectivity index (χ0) is 10.4. The zero-order valence-electron chi connectivity index (χ0n) is 7.89. The molecule has 0 saturated carbocycles. The van der Waals surface area contributed by atoms with Gasteiger partial charge in [0.05, 0.1) is 11.0 Å². The molecule has 1 aromatic carbocycles. The van der Waals surface area contributed by atoms with Crippen LogP contribution in [0.1, 0.15) is 12.0 Å². The van der Waals surface area contributed by atoms with Crippen molar-refractivity contribution in [3.05, 3.63) is 28.2 Å². The predicted molar refractivity (Wildman–Crippen MR) is 55.9 cm³/mol. The van der Waals surface area contributed by atoms with E-state index in [2.05, 4.69) is 15.3 Å². The van der Waals surface area contributed by atoms with E-state index < -0.39 is 0 Å². The van der Waals surface area contributed by atoms with E-state index in [1.165, 1.54) is 0 Å². The summed E-state index contributed by atoms with van der Waals surface area (Å²) in [4.78, 5) is 27.6. The summed E-state index contributed by atoms with van der Waals surface area (Å²) in [6.45, 7) is 0. The molecule has 0 radical (unpaired) electrons. The van der Waals surface area contributed by atoms with Crippen LogP contribution in [-0.2, 0) is 11.2 Å². The zero-order valence-corrected chi connectivity index (χ0v) is 7.89. The number of fused-ring (bicyclic) bond motifs is 2. The second-order valence-corrected chi connectivity index (χ2v) is 3.68. The lowest BCUT2D eigenvalue weighted by atomic mass is 10.0. The molecule has 0 saturated heterocycles. The number of carbonyl (C=O) groups excluding carboxylic acids is 1. The molecule has 1 aromatic heterocycles. The lowest BCUT2D eigenvalue weighted by molar-refractivity contribution is -0.116. The minimum atomic E-state index is -0.223. The monoisotopic (exact) mass is 203 g/mol. The van der Waals surface area contributed by atoms with Crippen LogP contribution in [0.5, 0.6) is 0 Å². The first kappa shape index (κ1) is 8.28. The summed E-state index contributed by atoms with van der Waals surface area (Å²) in [7, 11) is 0. The van der Waals surface area contributed by atoms with Gasteiger partial charge in [0.2, 0.25) is 5.91 Å². The Labute approximate surface area is 84.5 Å². The van der Waals surface area contributed by atoms with Gasteiger partial charge < -0.3 is 15.3 Å². The minimum Gasteiger partial charge on any atom is -0.326 e. The largest absolute Gasteiger partial charge is 0.326 e. The van der Waals surface area contributed by atoms with Gasteiger partial charge >= 0.3 is 5.69 Å². The first-order valence-corrected chi connectivity index (χ1v) is 4.77. The smallest absolute Gasteiger partial charge is 0.323 e. The number of benzene rings is 1. The van der Waals surface area contributed by atoms with Crippen molar-refractivity contribution in [2.75, 3.05) is 5.32 Å². The van der Waals surface area contributed by atoms with E-state index in [0.717, 1.165) is 28.7 Å². The summed E-state index contributed by atoms with van der Waals surface area (Å²) in [6.07, 6.45) is 1.23. The molecule has 5 heteroatoms. The van der Waals surface area contributed by atoms with Crippen molar-refractivity contribution in [1.29, 1.82) is 0 Å². The van der Waals surface area contributed by atoms with Gasteiger partial charge in [0.1, 0.15) is 0 Å². The van der Waals surface area contributed by atoms with Crippen molar-refractivity contribution in [2.45, 2.75) is 12.8 Å². The molecule has 1 amide bonds. The van der Waals surface area contributed by atoms with E-state index in [4.69, 9.17) is 0 Å². The fourth-order valence-electron chi connectivity index (χ4n) is 1.91. The molecule has 0 fully saturated rings. The molecule has 0 aliphatic carbocycles. The van der Waals surface area contributed by atoms with E-state index in [1.54, 1.807) is 6.07 Å².